The van der Waals surface area contributed by atoms with Crippen molar-refractivity contribution in [3.63, 3.8) is 0 Å². The summed E-state index contributed by atoms with van der Waals surface area (Å²) in [7, 11) is 0. The Balaban J connectivity index is 1.40. The van der Waals surface area contributed by atoms with Gasteiger partial charge in [0.25, 0.3) is 5.91 Å². The van der Waals surface area contributed by atoms with Gasteiger partial charge in [0.15, 0.2) is 17.3 Å². The largest absolute Gasteiger partial charge is 0.454 e. The van der Waals surface area contributed by atoms with E-state index < -0.39 is 17.5 Å². The Bertz CT molecular complexity index is 1350. The normalized spacial score (nSPS) is 19.0. The first-order valence-corrected chi connectivity index (χ1v) is 11.1. The summed E-state index contributed by atoms with van der Waals surface area (Å²) in [6.07, 6.45) is 0. The molecule has 0 saturated carbocycles. The molecule has 9 heteroatoms. The molecule has 0 unspecified atom stereocenters. The number of hydrogen-bond donors (Lipinski definition) is 1. The van der Waals surface area contributed by atoms with E-state index in [4.69, 9.17) is 21.1 Å². The Morgan fingerprint density at radius 1 is 1.06 bits per heavy atom. The molecule has 0 spiro atoms. The lowest BCUT2D eigenvalue weighted by Gasteiger charge is -2.22. The van der Waals surface area contributed by atoms with E-state index in [1.807, 2.05) is 30.5 Å². The maximum atomic E-state index is 13.3. The molecule has 1 N–H and O–H groups in total. The average molecular weight is 480 g/mol. The minimum absolute atomic E-state index is 0.102. The van der Waals surface area contributed by atoms with Crippen molar-refractivity contribution in [2.75, 3.05) is 13.3 Å². The average Bonchev–Trinajstić information content (AvgIpc) is 3.46. The number of amides is 3. The zero-order chi connectivity index (χ0) is 24.2. The summed E-state index contributed by atoms with van der Waals surface area (Å²) in [5, 5.41) is 3.35. The Kier molecular flexibility index (Phi) is 5.13. The fraction of sp³-hybridized carbons (Fsp3) is 0.240. The molecule has 2 aliphatic rings. The Hall–Kier alpha value is -3.78. The summed E-state index contributed by atoms with van der Waals surface area (Å²) >= 11 is 6.00. The third kappa shape index (κ3) is 3.42. The summed E-state index contributed by atoms with van der Waals surface area (Å²) in [4.78, 5) is 40.2. The molecule has 1 atom stereocenters. The number of fused-ring (bicyclic) bond motifs is 1. The molecule has 0 radical (unpaired) electrons. The monoisotopic (exact) mass is 479 g/mol. The zero-order valence-electron chi connectivity index (χ0n) is 18.8. The number of ketones is 1. The van der Waals surface area contributed by atoms with Crippen LogP contribution in [0.4, 0.5) is 4.79 Å². The molecule has 0 bridgehead atoms. The van der Waals surface area contributed by atoms with E-state index in [1.54, 1.807) is 43.3 Å². The number of carbonyl (C=O) groups is 3. The Labute approximate surface area is 201 Å². The molecule has 2 aromatic carbocycles. The maximum absolute atomic E-state index is 13.3. The van der Waals surface area contributed by atoms with E-state index in [0.717, 1.165) is 22.0 Å². The summed E-state index contributed by atoms with van der Waals surface area (Å²) in [5.41, 5.74) is 2.11. The number of carbonyl (C=O) groups excluding carboxylic acids is 3. The van der Waals surface area contributed by atoms with Gasteiger partial charge in [0, 0.05) is 27.7 Å². The molecule has 8 nitrogen and oxygen atoms in total. The number of urea groups is 1. The van der Waals surface area contributed by atoms with Crippen LogP contribution in [0.1, 0.15) is 34.2 Å². The highest BCUT2D eigenvalue weighted by Gasteiger charge is 2.50. The van der Waals surface area contributed by atoms with Crippen LogP contribution in [-0.2, 0) is 10.3 Å². The molecule has 3 heterocycles. The molecular weight excluding hydrogens is 458 g/mol. The van der Waals surface area contributed by atoms with Crippen LogP contribution in [0.5, 0.6) is 11.5 Å². The predicted octanol–water partition coefficient (Wildman–Crippen LogP) is 4.13. The van der Waals surface area contributed by atoms with Gasteiger partial charge in [-0.3, -0.25) is 14.5 Å². The van der Waals surface area contributed by atoms with Crippen LogP contribution in [0.15, 0.2) is 48.5 Å². The lowest BCUT2D eigenvalue weighted by molar-refractivity contribution is -0.130. The summed E-state index contributed by atoms with van der Waals surface area (Å²) in [6, 6.07) is 13.5. The highest BCUT2D eigenvalue weighted by molar-refractivity contribution is 6.30. The molecule has 1 saturated heterocycles. The van der Waals surface area contributed by atoms with Crippen LogP contribution in [0.25, 0.3) is 5.69 Å². The van der Waals surface area contributed by atoms with Gasteiger partial charge in [-0.05, 0) is 68.8 Å². The topological polar surface area (TPSA) is 89.9 Å². The number of nitrogens with zero attached hydrogens (tertiary/aromatic N) is 2. The van der Waals surface area contributed by atoms with Crippen molar-refractivity contribution in [3.8, 4) is 17.2 Å². The predicted molar refractivity (Wildman–Crippen MR) is 125 cm³/mol. The van der Waals surface area contributed by atoms with Crippen molar-refractivity contribution in [3.05, 3.63) is 76.1 Å². The summed E-state index contributed by atoms with van der Waals surface area (Å²) < 4.78 is 12.7. The number of rotatable bonds is 5. The fourth-order valence-electron chi connectivity index (χ4n) is 4.51. The SMILES string of the molecule is Cc1cc(C(=O)CN2C(=O)N[C@](C)(c3ccc4c(c3)OCO4)C2=O)c(C)n1-c1ccc(Cl)cc1. The summed E-state index contributed by atoms with van der Waals surface area (Å²) in [6.45, 7) is 5.07. The van der Waals surface area contributed by atoms with Crippen LogP contribution < -0.4 is 14.8 Å². The Morgan fingerprint density at radius 2 is 1.76 bits per heavy atom. The van der Waals surface area contributed by atoms with E-state index in [-0.39, 0.29) is 19.1 Å². The first kappa shape index (κ1) is 22.0. The Morgan fingerprint density at radius 3 is 2.50 bits per heavy atom. The van der Waals surface area contributed by atoms with Crippen LogP contribution in [0, 0.1) is 13.8 Å². The number of nitrogens with one attached hydrogen (secondary N) is 1. The molecule has 174 valence electrons. The van der Waals surface area contributed by atoms with Crippen molar-refractivity contribution >= 4 is 29.3 Å². The molecule has 1 fully saturated rings. The van der Waals surface area contributed by atoms with Gasteiger partial charge in [0.1, 0.15) is 5.54 Å². The molecule has 3 amide bonds. The second-order valence-electron chi connectivity index (χ2n) is 8.53. The van der Waals surface area contributed by atoms with Crippen molar-refractivity contribution in [2.45, 2.75) is 26.3 Å². The number of ether oxygens (including phenoxy) is 2. The van der Waals surface area contributed by atoms with Gasteiger partial charge in [-0.1, -0.05) is 17.7 Å². The standard InChI is InChI=1S/C25H22ClN3O5/c1-14-10-19(15(2)29(14)18-7-5-17(26)6-8-18)20(30)12-28-23(31)25(3,27-24(28)32)16-4-9-21-22(11-16)34-13-33-21/h4-11H,12-13H2,1-3H3,(H,27,32)/t25-/m1/s1. The lowest BCUT2D eigenvalue weighted by Crippen LogP contribution is -2.41. The second kappa shape index (κ2) is 7.92. The van der Waals surface area contributed by atoms with E-state index >= 15 is 0 Å². The zero-order valence-corrected chi connectivity index (χ0v) is 19.6. The minimum Gasteiger partial charge on any atom is -0.454 e. The number of aromatic nitrogens is 1. The molecule has 5 rings (SSSR count). The fourth-order valence-corrected chi connectivity index (χ4v) is 4.63. The number of hydrogen-bond acceptors (Lipinski definition) is 5. The molecule has 2 aliphatic heterocycles. The van der Waals surface area contributed by atoms with Crippen molar-refractivity contribution in [1.29, 1.82) is 0 Å². The highest BCUT2D eigenvalue weighted by atomic mass is 35.5. The van der Waals surface area contributed by atoms with Crippen molar-refractivity contribution in [2.24, 2.45) is 0 Å². The molecule has 3 aromatic rings. The van der Waals surface area contributed by atoms with Crippen LogP contribution in [0.2, 0.25) is 5.02 Å². The molecular formula is C25H22ClN3O5. The molecule has 1 aromatic heterocycles. The van der Waals surface area contributed by atoms with Crippen LogP contribution in [-0.4, -0.2) is 40.5 Å². The smallest absolute Gasteiger partial charge is 0.325 e. The van der Waals surface area contributed by atoms with Crippen LogP contribution in [0.3, 0.4) is 0 Å². The third-order valence-corrected chi connectivity index (χ3v) is 6.59. The number of halogens is 1. The number of imide groups is 1. The first-order valence-electron chi connectivity index (χ1n) is 10.7. The maximum Gasteiger partial charge on any atom is 0.325 e. The van der Waals surface area contributed by atoms with Gasteiger partial charge in [-0.25, -0.2) is 4.79 Å². The molecule has 34 heavy (non-hydrogen) atoms. The number of benzene rings is 2. The van der Waals surface area contributed by atoms with Gasteiger partial charge in [0.05, 0.1) is 6.54 Å². The first-order chi connectivity index (χ1) is 16.2. The van der Waals surface area contributed by atoms with Crippen LogP contribution >= 0.6 is 11.6 Å². The quantitative estimate of drug-likeness (QED) is 0.439. The van der Waals surface area contributed by atoms with Gasteiger partial charge >= 0.3 is 6.03 Å². The number of Topliss-reactive ketones (excluding diaryl/α,β-unsaturated/α-hetero) is 1. The van der Waals surface area contributed by atoms with Gasteiger partial charge < -0.3 is 19.4 Å². The second-order valence-corrected chi connectivity index (χ2v) is 8.97. The van der Waals surface area contributed by atoms with E-state index in [0.29, 0.717) is 27.6 Å². The van der Waals surface area contributed by atoms with Gasteiger partial charge in [-0.15, -0.1) is 0 Å². The van der Waals surface area contributed by atoms with Gasteiger partial charge in [0.2, 0.25) is 6.79 Å². The third-order valence-electron chi connectivity index (χ3n) is 6.34. The van der Waals surface area contributed by atoms with Crippen molar-refractivity contribution in [1.82, 2.24) is 14.8 Å². The molecule has 0 aliphatic carbocycles. The number of aryl methyl sites for hydroxylation is 1. The minimum atomic E-state index is -1.32. The van der Waals surface area contributed by atoms with E-state index in [2.05, 4.69) is 5.32 Å². The summed E-state index contributed by atoms with van der Waals surface area (Å²) in [5.74, 6) is 0.250. The lowest BCUT2D eigenvalue weighted by atomic mass is 9.91. The van der Waals surface area contributed by atoms with Gasteiger partial charge in [-0.2, -0.15) is 0 Å². The highest BCUT2D eigenvalue weighted by Crippen LogP contribution is 2.38. The van der Waals surface area contributed by atoms with E-state index in [1.165, 1.54) is 0 Å². The van der Waals surface area contributed by atoms with E-state index in [9.17, 15) is 14.4 Å². The van der Waals surface area contributed by atoms with Crippen molar-refractivity contribution < 1.29 is 23.9 Å².